The number of nitrogens with zero attached hydrogens (tertiary/aromatic N) is 7. The van der Waals surface area contributed by atoms with Crippen molar-refractivity contribution in [3.8, 4) is 0 Å². The van der Waals surface area contributed by atoms with Crippen LogP contribution in [0.15, 0.2) is 38.0 Å². The molecule has 0 aliphatic carbocycles. The van der Waals surface area contributed by atoms with Gasteiger partial charge in [-0.3, -0.25) is 61.1 Å². The van der Waals surface area contributed by atoms with Crippen molar-refractivity contribution in [3.63, 3.8) is 0 Å². The quantitative estimate of drug-likeness (QED) is 0.0467. The number of anilines is 2. The predicted molar refractivity (Wildman–Crippen MR) is 204 cm³/mol. The number of aromatic nitrogens is 10. The van der Waals surface area contributed by atoms with E-state index in [1.54, 1.807) is 0 Å². The summed E-state index contributed by atoms with van der Waals surface area (Å²) in [5.41, 5.74) is 7.68. The number of nitrogens with one attached hydrogen (secondary N) is 3. The first-order chi connectivity index (χ1) is 29.7. The van der Waals surface area contributed by atoms with Gasteiger partial charge in [0.05, 0.1) is 38.6 Å². The molecule has 8 rings (SSSR count). The largest absolute Gasteiger partial charge is 0.472 e. The molecule has 3 aliphatic heterocycles. The number of aryl methyl sites for hydroxylation is 1. The van der Waals surface area contributed by atoms with Gasteiger partial charge in [-0.15, -0.1) is 0 Å². The molecule has 3 aliphatic rings. The zero-order valence-electron chi connectivity index (χ0n) is 32.1. The second-order valence-corrected chi connectivity index (χ2v) is 17.2. The van der Waals surface area contributed by atoms with Gasteiger partial charge in [-0.25, -0.2) is 23.9 Å². The molecule has 0 aromatic carbocycles. The lowest BCUT2D eigenvalue weighted by Gasteiger charge is -2.25. The molecule has 0 saturated carbocycles. The topological polar surface area (TPSA) is 454 Å². The third-order valence-electron chi connectivity index (χ3n) is 10.2. The van der Waals surface area contributed by atoms with Gasteiger partial charge in [-0.1, -0.05) is 0 Å². The summed E-state index contributed by atoms with van der Waals surface area (Å²) in [6, 6.07) is 0. The van der Waals surface area contributed by atoms with Crippen LogP contribution < -0.4 is 33.8 Å². The summed E-state index contributed by atoms with van der Waals surface area (Å²) in [4.78, 5) is 93.1. The summed E-state index contributed by atoms with van der Waals surface area (Å²) in [7, 11) is -10.7. The minimum absolute atomic E-state index is 0.147. The fourth-order valence-corrected chi connectivity index (χ4v) is 9.17. The van der Waals surface area contributed by atoms with Crippen molar-refractivity contribution in [1.82, 2.24) is 48.6 Å². The lowest BCUT2D eigenvalue weighted by molar-refractivity contribution is -0.0612. The molecule has 0 bridgehead atoms. The highest BCUT2D eigenvalue weighted by atomic mass is 31.2. The highest BCUT2D eigenvalue weighted by Gasteiger charge is 2.52. The molecule has 5 aromatic rings. The number of phosphoric ester groups is 2. The van der Waals surface area contributed by atoms with Crippen LogP contribution in [0.25, 0.3) is 22.3 Å². The Hall–Kier alpha value is -5.08. The number of hydrogen-bond donors (Lipinski definition) is 11. The fraction of sp³-hybridized carbons (Fsp3) is 0.533. The number of aliphatic hydroxyl groups excluding tert-OH is 4. The number of H-pyrrole nitrogens is 3. The Balaban J connectivity index is 0.993. The van der Waals surface area contributed by atoms with Gasteiger partial charge in [-0.05, 0) is 6.92 Å². The second-order valence-electron chi connectivity index (χ2n) is 14.4. The number of hydrogen-bond acceptors (Lipinski definition) is 23. The Morgan fingerprint density at radius 1 is 0.746 bits per heavy atom. The van der Waals surface area contributed by atoms with Gasteiger partial charge in [0, 0.05) is 18.2 Å². The number of aliphatic hydroxyl groups is 4. The lowest BCUT2D eigenvalue weighted by atomic mass is 10.1. The number of nitrogens with two attached hydrogens (primary N) is 2. The van der Waals surface area contributed by atoms with Crippen molar-refractivity contribution in [2.75, 3.05) is 31.3 Å². The first-order valence-electron chi connectivity index (χ1n) is 18.4. The maximum atomic E-state index is 13.5. The number of imidazole rings is 2. The molecule has 3 saturated heterocycles. The molecular formula is C30H38N12O19P2. The molecule has 33 heteroatoms. The van der Waals surface area contributed by atoms with Crippen LogP contribution in [0.1, 0.15) is 30.7 Å². The van der Waals surface area contributed by atoms with E-state index in [1.165, 1.54) is 13.1 Å². The smallest absolute Gasteiger partial charge is 0.394 e. The molecule has 13 N–H and O–H groups in total. The molecule has 3 fully saturated rings. The summed E-state index contributed by atoms with van der Waals surface area (Å²) >= 11 is 0. The van der Waals surface area contributed by atoms with E-state index in [1.807, 2.05) is 0 Å². The van der Waals surface area contributed by atoms with E-state index < -0.39 is 125 Å². The Kier molecular flexibility index (Phi) is 11.9. The molecule has 8 heterocycles. The highest BCUT2D eigenvalue weighted by Crippen LogP contribution is 2.52. The molecular weight excluding hydrogens is 894 g/mol. The summed E-state index contributed by atoms with van der Waals surface area (Å²) in [6.45, 7) is -1.36. The molecule has 2 unspecified atom stereocenters. The number of rotatable bonds is 14. The van der Waals surface area contributed by atoms with Crippen molar-refractivity contribution >= 4 is 49.9 Å². The van der Waals surface area contributed by atoms with Gasteiger partial charge < -0.3 is 55.9 Å². The van der Waals surface area contributed by atoms with E-state index >= 15 is 0 Å². The number of nitrogen functional groups attached to an aromatic ring is 2. The van der Waals surface area contributed by atoms with Crippen molar-refractivity contribution < 1.29 is 71.6 Å². The maximum absolute atomic E-state index is 13.5. The van der Waals surface area contributed by atoms with E-state index in [-0.39, 0.29) is 46.2 Å². The van der Waals surface area contributed by atoms with Gasteiger partial charge in [0.2, 0.25) is 11.9 Å². The molecule has 31 nitrogen and oxygen atoms in total. The van der Waals surface area contributed by atoms with E-state index in [4.69, 9.17) is 43.8 Å². The third-order valence-corrected chi connectivity index (χ3v) is 12.2. The Labute approximate surface area is 348 Å². The molecule has 0 amide bonds. The molecule has 0 spiro atoms. The van der Waals surface area contributed by atoms with Gasteiger partial charge in [0.1, 0.15) is 49.0 Å². The maximum Gasteiger partial charge on any atom is 0.472 e. The second kappa shape index (κ2) is 16.8. The van der Waals surface area contributed by atoms with Crippen LogP contribution in [0, 0.1) is 6.92 Å². The van der Waals surface area contributed by atoms with E-state index in [9.17, 15) is 58.5 Å². The van der Waals surface area contributed by atoms with Crippen LogP contribution in [-0.4, -0.2) is 147 Å². The molecule has 342 valence electrons. The average Bonchev–Trinajstić information content (AvgIpc) is 4.03. The SMILES string of the molecule is Cc1cn([C@H]2C[C@H](O)[C@@H](COP(=O)(O)O[C@H]3[C@@H](O)[C@H](n4cnc5c(=O)[nH]c(N)nc54)O[C@@H]3COP(=O)(O)O[C@H]3[C@@H](O)[C@H](n4cnc5c(=O)[nH]c(N)nc54)O[C@@H]3CO)O2)c(=O)[nH]c1=O. The summed E-state index contributed by atoms with van der Waals surface area (Å²) < 4.78 is 68.0. The average molecular weight is 933 g/mol. The normalized spacial score (nSPS) is 30.6. The van der Waals surface area contributed by atoms with Crippen molar-refractivity contribution in [3.05, 3.63) is 66.0 Å². The highest BCUT2D eigenvalue weighted by molar-refractivity contribution is 7.47. The van der Waals surface area contributed by atoms with Crippen LogP contribution >= 0.6 is 15.6 Å². The van der Waals surface area contributed by atoms with Gasteiger partial charge in [0.15, 0.2) is 34.8 Å². The summed E-state index contributed by atoms with van der Waals surface area (Å²) in [6.07, 6.45) is -14.8. The Morgan fingerprint density at radius 2 is 1.24 bits per heavy atom. The van der Waals surface area contributed by atoms with Crippen LogP contribution in [-0.2, 0) is 41.4 Å². The summed E-state index contributed by atoms with van der Waals surface area (Å²) in [5.74, 6) is -0.672. The number of aromatic amines is 3. The molecule has 5 aromatic heterocycles. The first-order valence-corrected chi connectivity index (χ1v) is 21.4. The number of ether oxygens (including phenoxy) is 3. The lowest BCUT2D eigenvalue weighted by Crippen LogP contribution is -2.37. The zero-order chi connectivity index (χ0) is 45.3. The fourth-order valence-electron chi connectivity index (χ4n) is 7.24. The minimum atomic E-state index is -5.38. The third kappa shape index (κ3) is 8.65. The van der Waals surface area contributed by atoms with Crippen LogP contribution in [0.3, 0.4) is 0 Å². The van der Waals surface area contributed by atoms with Crippen molar-refractivity contribution in [2.45, 2.75) is 80.9 Å². The monoisotopic (exact) mass is 932 g/mol. The van der Waals surface area contributed by atoms with Crippen LogP contribution in [0.5, 0.6) is 0 Å². The predicted octanol–water partition coefficient (Wildman–Crippen LogP) is -4.56. The van der Waals surface area contributed by atoms with Crippen molar-refractivity contribution in [1.29, 1.82) is 0 Å². The number of phosphoric acid groups is 2. The first kappa shape index (κ1) is 44.5. The van der Waals surface area contributed by atoms with Gasteiger partial charge >= 0.3 is 21.3 Å². The standard InChI is InChI=1S/C30H38N12O19P2/c1-9-3-40(30(50)39-23(9)47)14-2-10(44)12(57-14)5-55-62(51,52)61-20-13(59-27(18(20)46)42-8-34-16-22(42)36-29(32)38-25(16)49)6-56-63(53,54)60-19-11(4-43)58-26(17(19)45)41-7-33-15-21(41)35-28(31)37-24(15)48/h3,7-8,10-14,17-20,26-27,43-46H,2,4-6H2,1H3,(H,51,52)(H,53,54)(H,39,47,50)(H3,31,35,37,48)(H3,32,36,38,49)/t10-,11+,12+,13+,14+,17+,18+,19+,20+,26+,27+/m0/s1. The Bertz CT molecular complexity index is 2880. The van der Waals surface area contributed by atoms with Crippen LogP contribution in [0.4, 0.5) is 11.9 Å². The molecule has 13 atom stereocenters. The number of fused-ring (bicyclic) bond motifs is 2. The van der Waals surface area contributed by atoms with E-state index in [0.29, 0.717) is 0 Å². The van der Waals surface area contributed by atoms with Gasteiger partial charge in [-0.2, -0.15) is 9.97 Å². The van der Waals surface area contributed by atoms with E-state index in [2.05, 4.69) is 34.9 Å². The van der Waals surface area contributed by atoms with Crippen LogP contribution in [0.2, 0.25) is 0 Å². The Morgan fingerprint density at radius 3 is 1.76 bits per heavy atom. The zero-order valence-corrected chi connectivity index (χ0v) is 33.9. The van der Waals surface area contributed by atoms with Crippen molar-refractivity contribution in [2.24, 2.45) is 0 Å². The molecule has 0 radical (unpaired) electrons. The molecule has 63 heavy (non-hydrogen) atoms. The minimum Gasteiger partial charge on any atom is -0.394 e. The van der Waals surface area contributed by atoms with Gasteiger partial charge in [0.25, 0.3) is 16.7 Å². The summed E-state index contributed by atoms with van der Waals surface area (Å²) in [5, 5.41) is 43.4. The van der Waals surface area contributed by atoms with E-state index in [0.717, 1.165) is 26.4 Å².